The van der Waals surface area contributed by atoms with E-state index in [1.807, 2.05) is 0 Å². The molecule has 166 valence electrons. The lowest BCUT2D eigenvalue weighted by atomic mass is 10.1. The van der Waals surface area contributed by atoms with Gasteiger partial charge in [0.2, 0.25) is 5.88 Å². The number of carbonyl (C=O) groups excluding carboxylic acids is 1. The predicted octanol–water partition coefficient (Wildman–Crippen LogP) is 4.19. The molecule has 1 N–H and O–H groups in total. The summed E-state index contributed by atoms with van der Waals surface area (Å²) in [5, 5.41) is 3.60. The highest BCUT2D eigenvalue weighted by Gasteiger charge is 2.35. The van der Waals surface area contributed by atoms with Crippen molar-refractivity contribution in [3.05, 3.63) is 65.0 Å². The minimum Gasteiger partial charge on any atom is -0.438 e. The Kier molecular flexibility index (Phi) is 6.40. The molecule has 1 aliphatic rings. The number of benzene rings is 1. The fourth-order valence-corrected chi connectivity index (χ4v) is 3.31. The van der Waals surface area contributed by atoms with Crippen molar-refractivity contribution < 1.29 is 31.1 Å². The van der Waals surface area contributed by atoms with Gasteiger partial charge in [-0.05, 0) is 37.0 Å². The van der Waals surface area contributed by atoms with Gasteiger partial charge in [0.15, 0.2) is 15.7 Å². The number of para-hydroxylation sites is 1. The van der Waals surface area contributed by atoms with Gasteiger partial charge in [0.1, 0.15) is 17.0 Å². The van der Waals surface area contributed by atoms with Crippen molar-refractivity contribution in [1.29, 1.82) is 0 Å². The zero-order valence-electron chi connectivity index (χ0n) is 16.8. The quantitative estimate of drug-likeness (QED) is 0.647. The number of hydrogen-bond donors (Lipinski definition) is 1. The Balaban J connectivity index is 1.96. The number of alkyl halides is 2. The molecule has 0 aliphatic heterocycles. The molecule has 1 aromatic heterocycles. The Morgan fingerprint density at radius 3 is 2.48 bits per heavy atom. The molecule has 0 saturated heterocycles. The van der Waals surface area contributed by atoms with Crippen molar-refractivity contribution in [1.82, 2.24) is 10.3 Å². The maximum atomic E-state index is 14.4. The fourth-order valence-electron chi connectivity index (χ4n) is 2.86. The van der Waals surface area contributed by atoms with Gasteiger partial charge in [-0.1, -0.05) is 24.3 Å². The van der Waals surface area contributed by atoms with Crippen LogP contribution in [0.1, 0.15) is 35.8 Å². The van der Waals surface area contributed by atoms with Crippen LogP contribution in [0.5, 0.6) is 11.6 Å². The molecule has 1 aliphatic carbocycles. The highest BCUT2D eigenvalue weighted by atomic mass is 32.2. The summed E-state index contributed by atoms with van der Waals surface area (Å²) < 4.78 is 70.3. The second kappa shape index (κ2) is 8.70. The van der Waals surface area contributed by atoms with Crippen LogP contribution in [0.25, 0.3) is 0 Å². The Morgan fingerprint density at radius 2 is 1.94 bits per heavy atom. The topological polar surface area (TPSA) is 85.4 Å². The van der Waals surface area contributed by atoms with Crippen molar-refractivity contribution in [2.24, 2.45) is 5.92 Å². The van der Waals surface area contributed by atoms with Gasteiger partial charge >= 0.3 is 0 Å². The SMILES string of the molecule is CC(F)(F)c1nc(Oc2ccccc2)c(C(=O)N[C@H](/C=C/S(C)(=O)=O)C2CC2)cc1F. The number of amides is 1. The molecular formula is C21H21F3N2O4S. The van der Waals surface area contributed by atoms with Gasteiger partial charge < -0.3 is 10.1 Å². The Hall–Kier alpha value is -2.88. The predicted molar refractivity (Wildman–Crippen MR) is 108 cm³/mol. The van der Waals surface area contributed by atoms with Crippen molar-refractivity contribution in [2.45, 2.75) is 31.7 Å². The smallest absolute Gasteiger partial charge is 0.290 e. The Labute approximate surface area is 178 Å². The second-order valence-electron chi connectivity index (χ2n) is 7.47. The molecule has 2 aromatic rings. The molecule has 6 nitrogen and oxygen atoms in total. The van der Waals surface area contributed by atoms with Crippen LogP contribution in [0, 0.1) is 11.7 Å². The molecule has 0 spiro atoms. The third-order valence-corrected chi connectivity index (χ3v) is 5.17. The summed E-state index contributed by atoms with van der Waals surface area (Å²) in [7, 11) is -3.42. The molecule has 31 heavy (non-hydrogen) atoms. The van der Waals surface area contributed by atoms with E-state index in [2.05, 4.69) is 10.3 Å². The number of sulfone groups is 1. The third-order valence-electron chi connectivity index (χ3n) is 4.52. The van der Waals surface area contributed by atoms with Crippen LogP contribution >= 0.6 is 0 Å². The van der Waals surface area contributed by atoms with Crippen LogP contribution < -0.4 is 10.1 Å². The molecule has 1 amide bonds. The van der Waals surface area contributed by atoms with Crippen LogP contribution in [0.4, 0.5) is 13.2 Å². The molecule has 0 unspecified atom stereocenters. The van der Waals surface area contributed by atoms with Gasteiger partial charge in [0.05, 0.1) is 6.04 Å². The summed E-state index contributed by atoms with van der Waals surface area (Å²) in [5.74, 6) is -6.01. The van der Waals surface area contributed by atoms with Crippen molar-refractivity contribution >= 4 is 15.7 Å². The lowest BCUT2D eigenvalue weighted by Gasteiger charge is -2.18. The van der Waals surface area contributed by atoms with Crippen molar-refractivity contribution in [3.63, 3.8) is 0 Å². The number of pyridine rings is 1. The van der Waals surface area contributed by atoms with E-state index in [9.17, 15) is 26.4 Å². The zero-order chi connectivity index (χ0) is 22.8. The highest BCUT2D eigenvalue weighted by molar-refractivity contribution is 7.93. The van der Waals surface area contributed by atoms with E-state index < -0.39 is 45.1 Å². The number of hydrogen-bond acceptors (Lipinski definition) is 5. The van der Waals surface area contributed by atoms with E-state index >= 15 is 0 Å². The van der Waals surface area contributed by atoms with Crippen LogP contribution in [0.3, 0.4) is 0 Å². The Bertz CT molecular complexity index is 1100. The average Bonchev–Trinajstić information content (AvgIpc) is 3.50. The van der Waals surface area contributed by atoms with Crippen molar-refractivity contribution in [2.75, 3.05) is 6.26 Å². The summed E-state index contributed by atoms with van der Waals surface area (Å²) in [5.41, 5.74) is -1.53. The van der Waals surface area contributed by atoms with Crippen molar-refractivity contribution in [3.8, 4) is 11.6 Å². The van der Waals surface area contributed by atoms with E-state index in [1.165, 1.54) is 18.2 Å². The summed E-state index contributed by atoms with van der Waals surface area (Å²) in [6.45, 7) is 0.490. The molecule has 3 rings (SSSR count). The van der Waals surface area contributed by atoms with Crippen LogP contribution in [-0.4, -0.2) is 31.6 Å². The summed E-state index contributed by atoms with van der Waals surface area (Å²) in [6.07, 6.45) is 3.92. The first-order valence-corrected chi connectivity index (χ1v) is 11.4. The van der Waals surface area contributed by atoms with Gasteiger partial charge in [-0.15, -0.1) is 0 Å². The molecule has 10 heteroatoms. The minimum absolute atomic E-state index is 0.0255. The maximum Gasteiger partial charge on any atom is 0.290 e. The lowest BCUT2D eigenvalue weighted by molar-refractivity contribution is 0.00818. The number of aromatic nitrogens is 1. The van der Waals surface area contributed by atoms with Gasteiger partial charge in [-0.3, -0.25) is 4.79 Å². The third kappa shape index (κ3) is 6.30. The zero-order valence-corrected chi connectivity index (χ0v) is 17.6. The standard InChI is InChI=1S/C21H21F3N2O4S/c1-21(23,24)18-16(22)12-15(20(26-18)30-14-6-4-3-5-7-14)19(27)25-17(13-8-9-13)10-11-31(2,28)29/h3-7,10-13,17H,8-9H2,1-2H3,(H,25,27)/b11-10+/t17-/m1/s1. The first-order valence-electron chi connectivity index (χ1n) is 9.45. The number of nitrogens with zero attached hydrogens (tertiary/aromatic N) is 1. The first kappa shape index (κ1) is 22.8. The molecule has 1 atom stereocenters. The first-order chi connectivity index (χ1) is 14.4. The lowest BCUT2D eigenvalue weighted by Crippen LogP contribution is -2.35. The van der Waals surface area contributed by atoms with Crippen LogP contribution in [0.2, 0.25) is 0 Å². The maximum absolute atomic E-state index is 14.4. The van der Waals surface area contributed by atoms with Gasteiger partial charge in [0, 0.05) is 18.6 Å². The number of ether oxygens (including phenoxy) is 1. The largest absolute Gasteiger partial charge is 0.438 e. The van der Waals surface area contributed by atoms with Gasteiger partial charge in [0.25, 0.3) is 11.8 Å². The van der Waals surface area contributed by atoms with Crippen LogP contribution in [0.15, 0.2) is 47.9 Å². The highest BCUT2D eigenvalue weighted by Crippen LogP contribution is 2.35. The van der Waals surface area contributed by atoms with E-state index in [0.717, 1.165) is 24.5 Å². The van der Waals surface area contributed by atoms with Crippen LogP contribution in [-0.2, 0) is 15.8 Å². The molecule has 0 bridgehead atoms. The average molecular weight is 454 g/mol. The van der Waals surface area contributed by atoms with Gasteiger partial charge in [-0.25, -0.2) is 17.8 Å². The number of rotatable bonds is 8. The number of nitrogens with one attached hydrogen (secondary N) is 1. The summed E-state index contributed by atoms with van der Waals surface area (Å²) in [6, 6.07) is 8.05. The molecule has 1 fully saturated rings. The van der Waals surface area contributed by atoms with E-state index in [0.29, 0.717) is 13.0 Å². The number of halogens is 3. The normalized spacial score (nSPS) is 15.6. The minimum atomic E-state index is -3.59. The molecule has 1 heterocycles. The molecular weight excluding hydrogens is 433 g/mol. The van der Waals surface area contributed by atoms with E-state index in [4.69, 9.17) is 4.74 Å². The van der Waals surface area contributed by atoms with E-state index in [1.54, 1.807) is 18.2 Å². The molecule has 1 saturated carbocycles. The summed E-state index contributed by atoms with van der Waals surface area (Å²) >= 11 is 0. The monoisotopic (exact) mass is 454 g/mol. The van der Waals surface area contributed by atoms with E-state index in [-0.39, 0.29) is 17.2 Å². The molecule has 1 aromatic carbocycles. The Morgan fingerprint density at radius 1 is 1.29 bits per heavy atom. The molecule has 0 radical (unpaired) electrons. The second-order valence-corrected chi connectivity index (χ2v) is 9.40. The fraction of sp³-hybridized carbons (Fsp3) is 0.333. The number of carbonyl (C=O) groups is 1. The van der Waals surface area contributed by atoms with Gasteiger partial charge in [-0.2, -0.15) is 8.78 Å². The summed E-state index contributed by atoms with van der Waals surface area (Å²) in [4.78, 5) is 16.5.